The number of halogens is 1. The maximum atomic E-state index is 13.3. The summed E-state index contributed by atoms with van der Waals surface area (Å²) in [6.45, 7) is 4.01. The van der Waals surface area contributed by atoms with Crippen molar-refractivity contribution in [2.24, 2.45) is 11.7 Å². The van der Waals surface area contributed by atoms with Gasteiger partial charge in [-0.25, -0.2) is 4.39 Å². The molecule has 0 amide bonds. The highest BCUT2D eigenvalue weighted by molar-refractivity contribution is 5.31. The van der Waals surface area contributed by atoms with Crippen molar-refractivity contribution in [3.8, 4) is 5.75 Å². The summed E-state index contributed by atoms with van der Waals surface area (Å²) in [4.78, 5) is 0. The Morgan fingerprint density at radius 2 is 2.00 bits per heavy atom. The van der Waals surface area contributed by atoms with Crippen molar-refractivity contribution in [3.05, 3.63) is 29.6 Å². The summed E-state index contributed by atoms with van der Waals surface area (Å²) < 4.78 is 18.1. The molecule has 1 aromatic rings. The molecule has 0 heterocycles. The summed E-state index contributed by atoms with van der Waals surface area (Å²) in [5.74, 6) is 0.189. The molecule has 0 saturated heterocycles. The van der Waals surface area contributed by atoms with E-state index in [4.69, 9.17) is 10.5 Å². The molecule has 0 fully saturated rings. The number of rotatable bonds is 3. The molecular formula is C11H16FNO. The molecule has 0 aliphatic carbocycles. The van der Waals surface area contributed by atoms with Crippen LogP contribution in [0.15, 0.2) is 18.2 Å². The number of hydrogen-bond donors (Lipinski definition) is 1. The van der Waals surface area contributed by atoms with Crippen LogP contribution in [-0.4, -0.2) is 7.11 Å². The Balaban J connectivity index is 2.96. The highest BCUT2D eigenvalue weighted by Crippen LogP contribution is 2.24. The van der Waals surface area contributed by atoms with Gasteiger partial charge in [0.1, 0.15) is 0 Å². The van der Waals surface area contributed by atoms with Crippen LogP contribution in [0, 0.1) is 11.7 Å². The van der Waals surface area contributed by atoms with Crippen molar-refractivity contribution in [2.45, 2.75) is 19.9 Å². The SMILES string of the molecule is COc1ccc([C@@H](N)C(C)C)cc1F. The molecule has 78 valence electrons. The molecule has 1 rings (SSSR count). The predicted molar refractivity (Wildman–Crippen MR) is 54.7 cm³/mol. The van der Waals surface area contributed by atoms with E-state index in [1.165, 1.54) is 13.2 Å². The fraction of sp³-hybridized carbons (Fsp3) is 0.455. The Labute approximate surface area is 83.9 Å². The second-order valence-electron chi connectivity index (χ2n) is 3.66. The first-order chi connectivity index (χ1) is 6.56. The maximum absolute atomic E-state index is 13.3. The Morgan fingerprint density at radius 1 is 1.36 bits per heavy atom. The van der Waals surface area contributed by atoms with E-state index in [1.54, 1.807) is 12.1 Å². The molecule has 0 saturated carbocycles. The molecule has 2 N–H and O–H groups in total. The van der Waals surface area contributed by atoms with E-state index in [1.807, 2.05) is 13.8 Å². The van der Waals surface area contributed by atoms with Gasteiger partial charge in [0.15, 0.2) is 11.6 Å². The van der Waals surface area contributed by atoms with Gasteiger partial charge in [0.25, 0.3) is 0 Å². The molecule has 0 aromatic heterocycles. The van der Waals surface area contributed by atoms with Gasteiger partial charge < -0.3 is 10.5 Å². The average Bonchev–Trinajstić information content (AvgIpc) is 2.16. The monoisotopic (exact) mass is 197 g/mol. The number of benzene rings is 1. The third kappa shape index (κ3) is 2.23. The van der Waals surface area contributed by atoms with Crippen molar-refractivity contribution in [2.75, 3.05) is 7.11 Å². The Bertz CT molecular complexity index is 312. The molecule has 0 spiro atoms. The van der Waals surface area contributed by atoms with Crippen LogP contribution in [0.1, 0.15) is 25.5 Å². The van der Waals surface area contributed by atoms with E-state index >= 15 is 0 Å². The van der Waals surface area contributed by atoms with Gasteiger partial charge in [0.2, 0.25) is 0 Å². The number of nitrogens with two attached hydrogens (primary N) is 1. The number of methoxy groups -OCH3 is 1. The largest absolute Gasteiger partial charge is 0.494 e. The van der Waals surface area contributed by atoms with E-state index < -0.39 is 0 Å². The highest BCUT2D eigenvalue weighted by Gasteiger charge is 2.12. The standard InChI is InChI=1S/C11H16FNO/c1-7(2)11(13)8-4-5-10(14-3)9(12)6-8/h4-7,11H,13H2,1-3H3/t11-/m0/s1. The molecule has 0 radical (unpaired) electrons. The van der Waals surface area contributed by atoms with Crippen LogP contribution in [0.4, 0.5) is 4.39 Å². The van der Waals surface area contributed by atoms with Crippen molar-refractivity contribution in [1.82, 2.24) is 0 Å². The van der Waals surface area contributed by atoms with E-state index in [9.17, 15) is 4.39 Å². The zero-order chi connectivity index (χ0) is 10.7. The summed E-state index contributed by atoms with van der Waals surface area (Å²) in [6, 6.07) is 4.71. The lowest BCUT2D eigenvalue weighted by atomic mass is 9.97. The molecule has 0 aliphatic heterocycles. The van der Waals surface area contributed by atoms with E-state index in [0.29, 0.717) is 5.92 Å². The first-order valence-corrected chi connectivity index (χ1v) is 4.65. The number of ether oxygens (including phenoxy) is 1. The van der Waals surface area contributed by atoms with Crippen molar-refractivity contribution >= 4 is 0 Å². The Kier molecular flexibility index (Phi) is 3.47. The first kappa shape index (κ1) is 11.0. The normalized spacial score (nSPS) is 13.0. The number of hydrogen-bond acceptors (Lipinski definition) is 2. The van der Waals surface area contributed by atoms with Gasteiger partial charge in [-0.1, -0.05) is 19.9 Å². The molecule has 1 aromatic carbocycles. The molecule has 3 heteroatoms. The second-order valence-corrected chi connectivity index (χ2v) is 3.66. The lowest BCUT2D eigenvalue weighted by Gasteiger charge is -2.16. The molecule has 1 atom stereocenters. The molecule has 0 aliphatic rings. The predicted octanol–water partition coefficient (Wildman–Crippen LogP) is 2.49. The quantitative estimate of drug-likeness (QED) is 0.808. The van der Waals surface area contributed by atoms with Gasteiger partial charge in [-0.05, 0) is 23.6 Å². The molecule has 14 heavy (non-hydrogen) atoms. The third-order valence-electron chi connectivity index (χ3n) is 2.28. The average molecular weight is 197 g/mol. The summed E-state index contributed by atoms with van der Waals surface area (Å²) in [5, 5.41) is 0. The fourth-order valence-corrected chi connectivity index (χ4v) is 1.27. The molecular weight excluding hydrogens is 181 g/mol. The lowest BCUT2D eigenvalue weighted by molar-refractivity contribution is 0.385. The summed E-state index contributed by atoms with van der Waals surface area (Å²) in [5.41, 5.74) is 6.69. The van der Waals surface area contributed by atoms with Crippen LogP contribution >= 0.6 is 0 Å². The van der Waals surface area contributed by atoms with E-state index in [2.05, 4.69) is 0 Å². The van der Waals surface area contributed by atoms with Crippen LogP contribution < -0.4 is 10.5 Å². The second kappa shape index (κ2) is 4.42. The topological polar surface area (TPSA) is 35.2 Å². The van der Waals surface area contributed by atoms with Gasteiger partial charge in [0.05, 0.1) is 7.11 Å². The zero-order valence-electron chi connectivity index (χ0n) is 8.75. The molecule has 0 unspecified atom stereocenters. The van der Waals surface area contributed by atoms with Crippen LogP contribution in [0.3, 0.4) is 0 Å². The van der Waals surface area contributed by atoms with Gasteiger partial charge in [0, 0.05) is 6.04 Å². The molecule has 2 nitrogen and oxygen atoms in total. The van der Waals surface area contributed by atoms with Gasteiger partial charge in [-0.3, -0.25) is 0 Å². The van der Waals surface area contributed by atoms with Gasteiger partial charge >= 0.3 is 0 Å². The minimum absolute atomic E-state index is 0.129. The van der Waals surface area contributed by atoms with Crippen LogP contribution in [-0.2, 0) is 0 Å². The van der Waals surface area contributed by atoms with Crippen molar-refractivity contribution in [1.29, 1.82) is 0 Å². The minimum atomic E-state index is -0.360. The van der Waals surface area contributed by atoms with Crippen LogP contribution in [0.2, 0.25) is 0 Å². The van der Waals surface area contributed by atoms with Gasteiger partial charge in [-0.2, -0.15) is 0 Å². The minimum Gasteiger partial charge on any atom is -0.494 e. The summed E-state index contributed by atoms with van der Waals surface area (Å²) in [7, 11) is 1.44. The fourth-order valence-electron chi connectivity index (χ4n) is 1.27. The zero-order valence-corrected chi connectivity index (χ0v) is 8.75. The maximum Gasteiger partial charge on any atom is 0.165 e. The highest BCUT2D eigenvalue weighted by atomic mass is 19.1. The third-order valence-corrected chi connectivity index (χ3v) is 2.28. The van der Waals surface area contributed by atoms with Crippen molar-refractivity contribution in [3.63, 3.8) is 0 Å². The summed E-state index contributed by atoms with van der Waals surface area (Å²) in [6.07, 6.45) is 0. The van der Waals surface area contributed by atoms with Crippen molar-refractivity contribution < 1.29 is 9.13 Å². The van der Waals surface area contributed by atoms with E-state index in [0.717, 1.165) is 5.56 Å². The van der Waals surface area contributed by atoms with Crippen LogP contribution in [0.25, 0.3) is 0 Å². The van der Waals surface area contributed by atoms with Crippen LogP contribution in [0.5, 0.6) is 5.75 Å². The Hall–Kier alpha value is -1.09. The van der Waals surface area contributed by atoms with E-state index in [-0.39, 0.29) is 17.6 Å². The smallest absolute Gasteiger partial charge is 0.165 e. The first-order valence-electron chi connectivity index (χ1n) is 4.65. The van der Waals surface area contributed by atoms with Gasteiger partial charge in [-0.15, -0.1) is 0 Å². The Morgan fingerprint density at radius 3 is 2.43 bits per heavy atom. The molecule has 0 bridgehead atoms. The lowest BCUT2D eigenvalue weighted by Crippen LogP contribution is -2.16. The summed E-state index contributed by atoms with van der Waals surface area (Å²) >= 11 is 0.